The van der Waals surface area contributed by atoms with E-state index in [-0.39, 0.29) is 23.0 Å². The van der Waals surface area contributed by atoms with Crippen LogP contribution in [-0.4, -0.2) is 35.3 Å². The number of fused-ring (bicyclic) bond motifs is 1. The largest absolute Gasteiger partial charge is 0.326 e. The van der Waals surface area contributed by atoms with Gasteiger partial charge in [0.15, 0.2) is 9.84 Å². The molecule has 7 nitrogen and oxygen atoms in total. The second-order valence-electron chi connectivity index (χ2n) is 6.92. The Balaban J connectivity index is 1.45. The minimum Gasteiger partial charge on any atom is -0.326 e. The van der Waals surface area contributed by atoms with Gasteiger partial charge in [0.1, 0.15) is 0 Å². The number of aromatic nitrogens is 3. The van der Waals surface area contributed by atoms with Crippen LogP contribution in [0.1, 0.15) is 17.7 Å². The Morgan fingerprint density at radius 3 is 2.65 bits per heavy atom. The van der Waals surface area contributed by atoms with Crippen LogP contribution >= 0.6 is 0 Å². The van der Waals surface area contributed by atoms with Crippen LogP contribution in [0.2, 0.25) is 0 Å². The Labute approximate surface area is 179 Å². The Morgan fingerprint density at radius 2 is 1.87 bits per heavy atom. The summed E-state index contributed by atoms with van der Waals surface area (Å²) in [5, 5.41) is 10.9. The van der Waals surface area contributed by atoms with Crippen molar-refractivity contribution in [2.24, 2.45) is 0 Å². The molecule has 0 aliphatic rings. The number of carbonyl (C=O) groups excluding carboxylic acids is 1. The van der Waals surface area contributed by atoms with E-state index in [1.165, 1.54) is 12.1 Å². The van der Waals surface area contributed by atoms with Crippen molar-refractivity contribution in [1.82, 2.24) is 15.2 Å². The Morgan fingerprint density at radius 1 is 1.03 bits per heavy atom. The minimum atomic E-state index is -3.50. The van der Waals surface area contributed by atoms with Crippen molar-refractivity contribution in [3.8, 4) is 0 Å². The number of anilines is 1. The number of rotatable bonds is 7. The number of sulfone groups is 1. The lowest BCUT2D eigenvalue weighted by Crippen LogP contribution is -2.17. The summed E-state index contributed by atoms with van der Waals surface area (Å²) in [6.45, 7) is 0. The maximum absolute atomic E-state index is 12.4. The van der Waals surface area contributed by atoms with Crippen LogP contribution in [0.3, 0.4) is 0 Å². The molecule has 0 saturated carbocycles. The quantitative estimate of drug-likeness (QED) is 0.460. The highest BCUT2D eigenvalue weighted by Gasteiger charge is 2.16. The number of hydrogen-bond donors (Lipinski definition) is 2. The van der Waals surface area contributed by atoms with Crippen molar-refractivity contribution in [3.63, 3.8) is 0 Å². The molecule has 0 bridgehead atoms. The molecule has 4 aromatic rings. The Hall–Kier alpha value is -3.78. The van der Waals surface area contributed by atoms with Gasteiger partial charge in [0.2, 0.25) is 5.91 Å². The lowest BCUT2D eigenvalue weighted by atomic mass is 10.1. The Bertz CT molecular complexity index is 1330. The van der Waals surface area contributed by atoms with Crippen molar-refractivity contribution in [1.29, 1.82) is 0 Å². The van der Waals surface area contributed by atoms with Crippen molar-refractivity contribution >= 4 is 44.5 Å². The summed E-state index contributed by atoms with van der Waals surface area (Å²) >= 11 is 0. The van der Waals surface area contributed by atoms with Gasteiger partial charge in [-0.1, -0.05) is 30.3 Å². The lowest BCUT2D eigenvalue weighted by Gasteiger charge is -2.07. The van der Waals surface area contributed by atoms with E-state index in [4.69, 9.17) is 0 Å². The maximum atomic E-state index is 12.4. The third kappa shape index (κ3) is 5.04. The van der Waals surface area contributed by atoms with Crippen molar-refractivity contribution in [3.05, 3.63) is 84.3 Å². The normalized spacial score (nSPS) is 11.7. The van der Waals surface area contributed by atoms with Crippen LogP contribution in [0, 0.1) is 0 Å². The van der Waals surface area contributed by atoms with Gasteiger partial charge in [-0.25, -0.2) is 8.42 Å². The second kappa shape index (κ2) is 8.93. The van der Waals surface area contributed by atoms with Crippen LogP contribution in [0.25, 0.3) is 23.1 Å². The van der Waals surface area contributed by atoms with E-state index < -0.39 is 9.84 Å². The first-order chi connectivity index (χ1) is 15.0. The summed E-state index contributed by atoms with van der Waals surface area (Å²) in [5.74, 6) is -0.620. The van der Waals surface area contributed by atoms with E-state index in [1.807, 2.05) is 36.4 Å². The van der Waals surface area contributed by atoms with Crippen molar-refractivity contribution in [2.75, 3.05) is 11.1 Å². The number of H-pyrrole nitrogens is 1. The lowest BCUT2D eigenvalue weighted by molar-refractivity contribution is -0.115. The molecule has 0 spiro atoms. The van der Waals surface area contributed by atoms with Gasteiger partial charge < -0.3 is 5.32 Å². The first kappa shape index (κ1) is 20.5. The van der Waals surface area contributed by atoms with Crippen LogP contribution in [0.4, 0.5) is 5.69 Å². The molecule has 2 heterocycles. The third-order valence-electron chi connectivity index (χ3n) is 4.69. The topological polar surface area (TPSA) is 105 Å². The van der Waals surface area contributed by atoms with Crippen LogP contribution in [0.5, 0.6) is 0 Å². The van der Waals surface area contributed by atoms with Gasteiger partial charge in [0, 0.05) is 29.9 Å². The molecule has 0 saturated heterocycles. The third-order valence-corrected chi connectivity index (χ3v) is 6.43. The van der Waals surface area contributed by atoms with Gasteiger partial charge in [-0.05, 0) is 48.0 Å². The number of pyridine rings is 1. The average molecular weight is 433 g/mol. The van der Waals surface area contributed by atoms with Crippen molar-refractivity contribution < 1.29 is 13.2 Å². The summed E-state index contributed by atoms with van der Waals surface area (Å²) in [7, 11) is -3.50. The molecule has 0 unspecified atom stereocenters. The molecular formula is C23H20N4O3S. The molecule has 2 aromatic heterocycles. The van der Waals surface area contributed by atoms with Crippen LogP contribution in [-0.2, 0) is 14.6 Å². The highest BCUT2D eigenvalue weighted by molar-refractivity contribution is 7.91. The fraction of sp³-hybridized carbons (Fsp3) is 0.0870. The number of hydrogen-bond acceptors (Lipinski definition) is 5. The average Bonchev–Trinajstić information content (AvgIpc) is 3.20. The molecule has 31 heavy (non-hydrogen) atoms. The molecular weight excluding hydrogens is 412 g/mol. The number of nitrogens with zero attached hydrogens (tertiary/aromatic N) is 2. The van der Waals surface area contributed by atoms with Gasteiger partial charge in [-0.15, -0.1) is 0 Å². The van der Waals surface area contributed by atoms with E-state index in [2.05, 4.69) is 20.5 Å². The molecule has 0 aliphatic carbocycles. The molecule has 156 valence electrons. The van der Waals surface area contributed by atoms with Gasteiger partial charge in [-0.2, -0.15) is 5.10 Å². The predicted octanol–water partition coefficient (Wildman–Crippen LogP) is 3.93. The van der Waals surface area contributed by atoms with E-state index in [9.17, 15) is 13.2 Å². The smallest absolute Gasteiger partial charge is 0.225 e. The number of aromatic amines is 1. The summed E-state index contributed by atoms with van der Waals surface area (Å²) in [6, 6.07) is 17.3. The molecule has 1 amide bonds. The zero-order valence-electron chi connectivity index (χ0n) is 16.5. The SMILES string of the molecule is O=C(CCS(=O)(=O)c1ccccc1)Nc1ccc2[nH]nc(/C=C/c3cccnc3)c2c1. The fourth-order valence-corrected chi connectivity index (χ4v) is 4.35. The molecule has 4 rings (SSSR count). The van der Waals surface area contributed by atoms with E-state index in [0.29, 0.717) is 5.69 Å². The fourth-order valence-electron chi connectivity index (χ4n) is 3.09. The van der Waals surface area contributed by atoms with Gasteiger partial charge in [-0.3, -0.25) is 14.9 Å². The molecule has 0 radical (unpaired) electrons. The molecule has 0 aliphatic heterocycles. The first-order valence-corrected chi connectivity index (χ1v) is 11.3. The molecule has 2 aromatic carbocycles. The monoisotopic (exact) mass is 432 g/mol. The maximum Gasteiger partial charge on any atom is 0.225 e. The van der Waals surface area contributed by atoms with E-state index in [0.717, 1.165) is 22.2 Å². The molecule has 0 fully saturated rings. The zero-order chi connectivity index (χ0) is 21.7. The standard InChI is InChI=1S/C23H20N4O3S/c28-23(12-14-31(29,30)19-6-2-1-3-7-19)25-18-9-11-22-20(15-18)21(26-27-22)10-8-17-5-4-13-24-16-17/h1-11,13,15-16H,12,14H2,(H,25,28)(H,26,27)/b10-8+. The summed E-state index contributed by atoms with van der Waals surface area (Å²) < 4.78 is 24.7. The molecule has 0 atom stereocenters. The predicted molar refractivity (Wildman–Crippen MR) is 121 cm³/mol. The molecule has 2 N–H and O–H groups in total. The van der Waals surface area contributed by atoms with Crippen LogP contribution in [0.15, 0.2) is 78.0 Å². The van der Waals surface area contributed by atoms with Crippen LogP contribution < -0.4 is 5.32 Å². The zero-order valence-corrected chi connectivity index (χ0v) is 17.3. The number of amides is 1. The Kier molecular flexibility index (Phi) is 5.90. The first-order valence-electron chi connectivity index (χ1n) is 9.65. The van der Waals surface area contributed by atoms with Gasteiger partial charge in [0.05, 0.1) is 21.9 Å². The number of benzene rings is 2. The molecule has 8 heteroatoms. The summed E-state index contributed by atoms with van der Waals surface area (Å²) in [5.41, 5.74) is 3.08. The van der Waals surface area contributed by atoms with Crippen molar-refractivity contribution in [2.45, 2.75) is 11.3 Å². The number of nitrogens with one attached hydrogen (secondary N) is 2. The highest BCUT2D eigenvalue weighted by atomic mass is 32.2. The summed E-state index contributed by atoms with van der Waals surface area (Å²) in [4.78, 5) is 16.6. The van der Waals surface area contributed by atoms with E-state index >= 15 is 0 Å². The second-order valence-corrected chi connectivity index (χ2v) is 9.03. The number of carbonyl (C=O) groups is 1. The van der Waals surface area contributed by atoms with Gasteiger partial charge >= 0.3 is 0 Å². The highest BCUT2D eigenvalue weighted by Crippen LogP contribution is 2.22. The summed E-state index contributed by atoms with van der Waals surface area (Å²) in [6.07, 6.45) is 7.10. The minimum absolute atomic E-state index is 0.131. The van der Waals surface area contributed by atoms with Gasteiger partial charge in [0.25, 0.3) is 0 Å². The van der Waals surface area contributed by atoms with E-state index in [1.54, 1.807) is 36.7 Å².